The number of anilines is 3. The third-order valence-electron chi connectivity index (χ3n) is 5.92. The number of aromatic nitrogens is 4. The predicted molar refractivity (Wildman–Crippen MR) is 124 cm³/mol. The maximum absolute atomic E-state index is 4.80. The van der Waals surface area contributed by atoms with E-state index in [-0.39, 0.29) is 0 Å². The SMILES string of the molecule is CCCC(CCC)n1ncc2cnc(Nc3ccc(N4CCN(C)CC4)cc3)nc21. The minimum absolute atomic E-state index is 0.392. The van der Waals surface area contributed by atoms with Gasteiger partial charge in [-0.05, 0) is 44.2 Å². The summed E-state index contributed by atoms with van der Waals surface area (Å²) in [6, 6.07) is 8.96. The minimum atomic E-state index is 0.392. The zero-order valence-electron chi connectivity index (χ0n) is 18.4. The first-order valence-electron chi connectivity index (χ1n) is 11.2. The van der Waals surface area contributed by atoms with Gasteiger partial charge in [-0.2, -0.15) is 10.1 Å². The van der Waals surface area contributed by atoms with Gasteiger partial charge >= 0.3 is 0 Å². The van der Waals surface area contributed by atoms with Gasteiger partial charge in [0.05, 0.1) is 17.6 Å². The Morgan fingerprint density at radius 3 is 2.33 bits per heavy atom. The van der Waals surface area contributed by atoms with Gasteiger partial charge in [0, 0.05) is 43.8 Å². The summed E-state index contributed by atoms with van der Waals surface area (Å²) in [4.78, 5) is 14.1. The molecule has 0 radical (unpaired) electrons. The molecule has 3 heterocycles. The number of likely N-dealkylation sites (N-methyl/N-ethyl adjacent to an activating group) is 1. The molecule has 1 fully saturated rings. The number of piperazine rings is 1. The van der Waals surface area contributed by atoms with Crippen molar-refractivity contribution in [2.75, 3.05) is 43.4 Å². The van der Waals surface area contributed by atoms with Crippen LogP contribution >= 0.6 is 0 Å². The van der Waals surface area contributed by atoms with Crippen LogP contribution in [0.25, 0.3) is 11.0 Å². The number of fused-ring (bicyclic) bond motifs is 1. The molecule has 1 aliphatic rings. The largest absolute Gasteiger partial charge is 0.369 e. The van der Waals surface area contributed by atoms with Crippen LogP contribution in [0, 0.1) is 0 Å². The quantitative estimate of drug-likeness (QED) is 0.595. The van der Waals surface area contributed by atoms with E-state index in [1.165, 1.54) is 5.69 Å². The number of benzene rings is 1. The second-order valence-corrected chi connectivity index (χ2v) is 8.26. The average Bonchev–Trinajstić information content (AvgIpc) is 3.18. The standard InChI is InChI=1S/C23H33N7/c1-4-6-21(7-5-2)30-22-18(17-25-30)16-24-23(27-22)26-19-8-10-20(11-9-19)29-14-12-28(3)13-15-29/h8-11,16-17,21H,4-7,12-15H2,1-3H3,(H,24,26,27). The molecule has 0 aliphatic carbocycles. The molecule has 7 nitrogen and oxygen atoms in total. The van der Waals surface area contributed by atoms with Gasteiger partial charge in [0.2, 0.25) is 5.95 Å². The fourth-order valence-corrected chi connectivity index (χ4v) is 4.17. The van der Waals surface area contributed by atoms with E-state index in [2.05, 4.69) is 75.0 Å². The van der Waals surface area contributed by atoms with Gasteiger partial charge in [0.25, 0.3) is 0 Å². The van der Waals surface area contributed by atoms with E-state index in [0.29, 0.717) is 12.0 Å². The van der Waals surface area contributed by atoms with Gasteiger partial charge in [-0.3, -0.25) is 0 Å². The number of hydrogen-bond donors (Lipinski definition) is 1. The fraction of sp³-hybridized carbons (Fsp3) is 0.522. The highest BCUT2D eigenvalue weighted by molar-refractivity contribution is 5.75. The van der Waals surface area contributed by atoms with E-state index in [1.807, 2.05) is 12.4 Å². The number of hydrogen-bond acceptors (Lipinski definition) is 6. The van der Waals surface area contributed by atoms with Crippen LogP contribution in [-0.2, 0) is 0 Å². The summed E-state index contributed by atoms with van der Waals surface area (Å²) in [5.41, 5.74) is 3.18. The topological polar surface area (TPSA) is 62.1 Å². The number of nitrogens with zero attached hydrogens (tertiary/aromatic N) is 6. The zero-order valence-corrected chi connectivity index (χ0v) is 18.4. The van der Waals surface area contributed by atoms with Gasteiger partial charge in [-0.25, -0.2) is 9.67 Å². The summed E-state index contributed by atoms with van der Waals surface area (Å²) in [6.45, 7) is 8.81. The second-order valence-electron chi connectivity index (χ2n) is 8.26. The molecule has 1 aliphatic heterocycles. The maximum atomic E-state index is 4.80. The molecule has 2 aromatic heterocycles. The van der Waals surface area contributed by atoms with Crippen molar-refractivity contribution >= 4 is 28.4 Å². The van der Waals surface area contributed by atoms with E-state index in [4.69, 9.17) is 4.98 Å². The summed E-state index contributed by atoms with van der Waals surface area (Å²) < 4.78 is 2.09. The third-order valence-corrected chi connectivity index (χ3v) is 5.92. The van der Waals surface area contributed by atoms with E-state index < -0.39 is 0 Å². The highest BCUT2D eigenvalue weighted by atomic mass is 15.3. The third kappa shape index (κ3) is 4.56. The van der Waals surface area contributed by atoms with Crippen LogP contribution in [0.3, 0.4) is 0 Å². The Bertz CT molecular complexity index is 936. The first-order valence-corrected chi connectivity index (χ1v) is 11.2. The molecular formula is C23H33N7. The first-order chi connectivity index (χ1) is 14.7. The van der Waals surface area contributed by atoms with Gasteiger partial charge in [-0.1, -0.05) is 26.7 Å². The summed E-state index contributed by atoms with van der Waals surface area (Å²) in [5, 5.41) is 8.98. The normalized spacial score (nSPS) is 15.3. The van der Waals surface area contributed by atoms with E-state index >= 15 is 0 Å². The lowest BCUT2D eigenvalue weighted by Gasteiger charge is -2.34. The zero-order chi connectivity index (χ0) is 20.9. The summed E-state index contributed by atoms with van der Waals surface area (Å²) in [6.07, 6.45) is 8.25. The summed E-state index contributed by atoms with van der Waals surface area (Å²) in [7, 11) is 2.18. The molecule has 0 amide bonds. The van der Waals surface area contributed by atoms with Crippen LogP contribution in [0.5, 0.6) is 0 Å². The Labute approximate surface area is 179 Å². The van der Waals surface area contributed by atoms with Crippen molar-refractivity contribution in [1.82, 2.24) is 24.6 Å². The van der Waals surface area contributed by atoms with Crippen molar-refractivity contribution in [3.63, 3.8) is 0 Å². The van der Waals surface area contributed by atoms with Crippen molar-refractivity contribution < 1.29 is 0 Å². The van der Waals surface area contributed by atoms with Crippen molar-refractivity contribution in [3.05, 3.63) is 36.7 Å². The van der Waals surface area contributed by atoms with Gasteiger partial charge < -0.3 is 15.1 Å². The molecule has 0 saturated carbocycles. The average molecular weight is 408 g/mol. The monoisotopic (exact) mass is 407 g/mol. The Balaban J connectivity index is 1.50. The highest BCUT2D eigenvalue weighted by Crippen LogP contribution is 2.25. The Morgan fingerprint density at radius 2 is 1.67 bits per heavy atom. The molecule has 7 heteroatoms. The smallest absolute Gasteiger partial charge is 0.229 e. The Hall–Kier alpha value is -2.67. The lowest BCUT2D eigenvalue weighted by molar-refractivity contribution is 0.313. The Kier molecular flexibility index (Phi) is 6.47. The van der Waals surface area contributed by atoms with Gasteiger partial charge in [0.15, 0.2) is 5.65 Å². The van der Waals surface area contributed by atoms with E-state index in [0.717, 1.165) is 68.6 Å². The van der Waals surface area contributed by atoms with E-state index in [9.17, 15) is 0 Å². The number of nitrogens with one attached hydrogen (secondary N) is 1. The van der Waals surface area contributed by atoms with Crippen molar-refractivity contribution in [2.45, 2.75) is 45.6 Å². The summed E-state index contributed by atoms with van der Waals surface area (Å²) in [5.74, 6) is 0.614. The predicted octanol–water partition coefficient (Wildman–Crippen LogP) is 4.46. The molecular weight excluding hydrogens is 374 g/mol. The van der Waals surface area contributed by atoms with Crippen LogP contribution < -0.4 is 10.2 Å². The molecule has 3 aromatic rings. The Morgan fingerprint density at radius 1 is 0.967 bits per heavy atom. The molecule has 1 N–H and O–H groups in total. The molecule has 30 heavy (non-hydrogen) atoms. The van der Waals surface area contributed by atoms with E-state index in [1.54, 1.807) is 0 Å². The molecule has 160 valence electrons. The maximum Gasteiger partial charge on any atom is 0.229 e. The lowest BCUT2D eigenvalue weighted by Crippen LogP contribution is -2.44. The molecule has 1 aromatic carbocycles. The highest BCUT2D eigenvalue weighted by Gasteiger charge is 2.16. The fourth-order valence-electron chi connectivity index (χ4n) is 4.17. The molecule has 0 bridgehead atoms. The molecule has 0 atom stereocenters. The van der Waals surface area contributed by atoms with Crippen LogP contribution in [0.15, 0.2) is 36.7 Å². The van der Waals surface area contributed by atoms with Crippen molar-refractivity contribution in [3.8, 4) is 0 Å². The van der Waals surface area contributed by atoms with Crippen molar-refractivity contribution in [1.29, 1.82) is 0 Å². The second kappa shape index (κ2) is 9.43. The molecule has 4 rings (SSSR count). The van der Waals surface area contributed by atoms with Crippen molar-refractivity contribution in [2.24, 2.45) is 0 Å². The molecule has 0 spiro atoms. The van der Waals surface area contributed by atoms with Crippen LogP contribution in [0.2, 0.25) is 0 Å². The van der Waals surface area contributed by atoms with Crippen LogP contribution in [0.4, 0.5) is 17.3 Å². The lowest BCUT2D eigenvalue weighted by atomic mass is 10.1. The summed E-state index contributed by atoms with van der Waals surface area (Å²) >= 11 is 0. The van der Waals surface area contributed by atoms with Gasteiger partial charge in [-0.15, -0.1) is 0 Å². The molecule has 0 unspecified atom stereocenters. The minimum Gasteiger partial charge on any atom is -0.369 e. The van der Waals surface area contributed by atoms with Gasteiger partial charge in [0.1, 0.15) is 0 Å². The first kappa shape index (κ1) is 20.6. The molecule has 1 saturated heterocycles. The van der Waals surface area contributed by atoms with Crippen LogP contribution in [-0.4, -0.2) is 57.9 Å². The van der Waals surface area contributed by atoms with Crippen LogP contribution in [0.1, 0.15) is 45.6 Å². The number of rotatable bonds is 8.